The van der Waals surface area contributed by atoms with E-state index in [9.17, 15) is 14.9 Å². The van der Waals surface area contributed by atoms with Crippen molar-refractivity contribution in [2.24, 2.45) is 5.92 Å². The lowest BCUT2D eigenvalue weighted by Crippen LogP contribution is -2.31. The van der Waals surface area contributed by atoms with Gasteiger partial charge in [0.25, 0.3) is 5.69 Å². The van der Waals surface area contributed by atoms with Crippen LogP contribution in [-0.2, 0) is 4.74 Å². The first kappa shape index (κ1) is 15.2. The average molecular weight is 294 g/mol. The first-order valence-electron chi connectivity index (χ1n) is 6.79. The molecule has 114 valence electrons. The Hall–Kier alpha value is -2.15. The van der Waals surface area contributed by atoms with E-state index in [1.807, 2.05) is 0 Å². The Morgan fingerprint density at radius 3 is 2.90 bits per heavy atom. The Balaban J connectivity index is 2.23. The topological polar surface area (TPSA) is 92.9 Å². The Bertz CT molecular complexity index is 540. The first-order valence-corrected chi connectivity index (χ1v) is 6.79. The molecule has 1 aromatic rings. The Morgan fingerprint density at radius 1 is 1.57 bits per heavy atom. The van der Waals surface area contributed by atoms with Crippen molar-refractivity contribution >= 4 is 17.3 Å². The van der Waals surface area contributed by atoms with Crippen molar-refractivity contribution in [2.45, 2.75) is 12.8 Å². The molecule has 1 unspecified atom stereocenters. The van der Waals surface area contributed by atoms with E-state index in [0.717, 1.165) is 19.4 Å². The number of hydrogen-bond acceptors (Lipinski definition) is 5. The van der Waals surface area contributed by atoms with E-state index < -0.39 is 10.9 Å². The molecular formula is C14H18N2O5. The fourth-order valence-corrected chi connectivity index (χ4v) is 2.55. The second-order valence-corrected chi connectivity index (χ2v) is 5.23. The summed E-state index contributed by atoms with van der Waals surface area (Å²) in [4.78, 5) is 23.4. The van der Waals surface area contributed by atoms with Gasteiger partial charge in [-0.15, -0.1) is 0 Å². The maximum Gasteiger partial charge on any atom is 0.335 e. The molecule has 1 atom stereocenters. The van der Waals surface area contributed by atoms with Gasteiger partial charge in [-0.1, -0.05) is 0 Å². The molecule has 7 nitrogen and oxygen atoms in total. The molecule has 0 radical (unpaired) electrons. The van der Waals surface area contributed by atoms with Gasteiger partial charge in [0.15, 0.2) is 0 Å². The summed E-state index contributed by atoms with van der Waals surface area (Å²) in [5.41, 5.74) is 0.284. The fourth-order valence-electron chi connectivity index (χ4n) is 2.55. The molecule has 0 amide bonds. The quantitative estimate of drug-likeness (QED) is 0.660. The summed E-state index contributed by atoms with van der Waals surface area (Å²) in [7, 11) is 1.74. The Morgan fingerprint density at radius 2 is 2.33 bits per heavy atom. The molecule has 1 fully saturated rings. The monoisotopic (exact) mass is 294 g/mol. The van der Waals surface area contributed by atoms with Crippen molar-refractivity contribution in [3.05, 3.63) is 33.9 Å². The second kappa shape index (κ2) is 6.53. The molecule has 0 bridgehead atoms. The third kappa shape index (κ3) is 3.69. The lowest BCUT2D eigenvalue weighted by molar-refractivity contribution is -0.384. The van der Waals surface area contributed by atoms with Gasteiger partial charge >= 0.3 is 5.97 Å². The summed E-state index contributed by atoms with van der Waals surface area (Å²) in [6.07, 6.45) is 1.99. The third-order valence-corrected chi connectivity index (χ3v) is 3.62. The zero-order chi connectivity index (χ0) is 15.4. The van der Waals surface area contributed by atoms with E-state index in [-0.39, 0.29) is 11.3 Å². The third-order valence-electron chi connectivity index (χ3n) is 3.62. The highest BCUT2D eigenvalue weighted by Crippen LogP contribution is 2.30. The van der Waals surface area contributed by atoms with Gasteiger partial charge in [-0.05, 0) is 30.9 Å². The Kier molecular flexibility index (Phi) is 4.74. The van der Waals surface area contributed by atoms with Crippen LogP contribution in [-0.4, -0.2) is 42.8 Å². The molecule has 1 heterocycles. The number of nitro benzene ring substituents is 1. The summed E-state index contributed by atoms with van der Waals surface area (Å²) in [6, 6.07) is 3.85. The minimum atomic E-state index is -1.10. The molecule has 1 aliphatic heterocycles. The molecule has 1 aliphatic rings. The van der Waals surface area contributed by atoms with E-state index in [1.165, 1.54) is 18.2 Å². The van der Waals surface area contributed by atoms with E-state index >= 15 is 0 Å². The summed E-state index contributed by atoms with van der Waals surface area (Å²) in [5, 5.41) is 20.1. The number of nitro groups is 1. The highest BCUT2D eigenvalue weighted by Gasteiger charge is 2.22. The van der Waals surface area contributed by atoms with Crippen molar-refractivity contribution in [2.75, 3.05) is 31.7 Å². The minimum absolute atomic E-state index is 0.0438. The summed E-state index contributed by atoms with van der Waals surface area (Å²) < 4.78 is 5.40. The number of ether oxygens (including phenoxy) is 1. The standard InChI is InChI=1S/C14H18N2O5/c1-15(8-10-3-2-6-21-9-10)13-7-11(14(17)18)4-5-12(13)16(19)20/h4-5,7,10H,2-3,6,8-9H2,1H3,(H,17,18). The predicted molar refractivity (Wildman–Crippen MR) is 76.9 cm³/mol. The fraction of sp³-hybridized carbons (Fsp3) is 0.500. The molecule has 0 aromatic heterocycles. The molecule has 21 heavy (non-hydrogen) atoms. The molecule has 1 saturated heterocycles. The molecule has 0 spiro atoms. The zero-order valence-corrected chi connectivity index (χ0v) is 11.8. The lowest BCUT2D eigenvalue weighted by atomic mass is 10.0. The minimum Gasteiger partial charge on any atom is -0.478 e. The molecule has 0 aliphatic carbocycles. The summed E-state index contributed by atoms with van der Waals surface area (Å²) >= 11 is 0. The normalized spacial score (nSPS) is 18.2. The number of anilines is 1. The number of benzene rings is 1. The van der Waals surface area contributed by atoms with Crippen molar-refractivity contribution in [1.29, 1.82) is 0 Å². The van der Waals surface area contributed by atoms with Gasteiger partial charge in [0.2, 0.25) is 0 Å². The number of carboxylic acids is 1. The van der Waals surface area contributed by atoms with Crippen LogP contribution in [0, 0.1) is 16.0 Å². The van der Waals surface area contributed by atoms with Crippen LogP contribution < -0.4 is 4.90 Å². The SMILES string of the molecule is CN(CC1CCCOC1)c1cc(C(=O)O)ccc1[N+](=O)[O-]. The van der Waals surface area contributed by atoms with Crippen molar-refractivity contribution in [1.82, 2.24) is 0 Å². The van der Waals surface area contributed by atoms with Crippen LogP contribution in [0.3, 0.4) is 0 Å². The molecule has 1 aromatic carbocycles. The van der Waals surface area contributed by atoms with Crippen molar-refractivity contribution in [3.8, 4) is 0 Å². The maximum atomic E-state index is 11.1. The van der Waals surface area contributed by atoms with Crippen LogP contribution in [0.25, 0.3) is 0 Å². The van der Waals surface area contributed by atoms with Crippen molar-refractivity contribution in [3.63, 3.8) is 0 Å². The number of nitrogens with zero attached hydrogens (tertiary/aromatic N) is 2. The molecular weight excluding hydrogens is 276 g/mol. The van der Waals surface area contributed by atoms with Gasteiger partial charge in [-0.3, -0.25) is 10.1 Å². The van der Waals surface area contributed by atoms with Crippen LogP contribution in [0.4, 0.5) is 11.4 Å². The van der Waals surface area contributed by atoms with Gasteiger partial charge in [0, 0.05) is 26.3 Å². The van der Waals surface area contributed by atoms with Crippen LogP contribution in [0.1, 0.15) is 23.2 Å². The van der Waals surface area contributed by atoms with Gasteiger partial charge in [0.1, 0.15) is 5.69 Å². The van der Waals surface area contributed by atoms with E-state index in [4.69, 9.17) is 9.84 Å². The van der Waals surface area contributed by atoms with Gasteiger partial charge in [0.05, 0.1) is 17.1 Å². The van der Waals surface area contributed by atoms with Crippen LogP contribution >= 0.6 is 0 Å². The molecule has 2 rings (SSSR count). The van der Waals surface area contributed by atoms with Crippen LogP contribution in [0.2, 0.25) is 0 Å². The second-order valence-electron chi connectivity index (χ2n) is 5.23. The van der Waals surface area contributed by atoms with E-state index in [0.29, 0.717) is 24.8 Å². The number of carboxylic acid groups (broad SMARTS) is 1. The maximum absolute atomic E-state index is 11.1. The number of rotatable bonds is 5. The van der Waals surface area contributed by atoms with Crippen LogP contribution in [0.5, 0.6) is 0 Å². The molecule has 1 N–H and O–H groups in total. The van der Waals surface area contributed by atoms with Gasteiger partial charge in [-0.25, -0.2) is 4.79 Å². The molecule has 7 heteroatoms. The summed E-state index contributed by atoms with van der Waals surface area (Å²) in [6.45, 7) is 2.00. The number of aromatic carboxylic acids is 1. The van der Waals surface area contributed by atoms with E-state index in [1.54, 1.807) is 11.9 Å². The highest BCUT2D eigenvalue weighted by molar-refractivity contribution is 5.90. The largest absolute Gasteiger partial charge is 0.478 e. The van der Waals surface area contributed by atoms with Gasteiger partial charge < -0.3 is 14.7 Å². The van der Waals surface area contributed by atoms with Gasteiger partial charge in [-0.2, -0.15) is 0 Å². The zero-order valence-electron chi connectivity index (χ0n) is 11.8. The van der Waals surface area contributed by atoms with Crippen LogP contribution in [0.15, 0.2) is 18.2 Å². The average Bonchev–Trinajstić information content (AvgIpc) is 2.47. The highest BCUT2D eigenvalue weighted by atomic mass is 16.6. The lowest BCUT2D eigenvalue weighted by Gasteiger charge is -2.28. The smallest absolute Gasteiger partial charge is 0.335 e. The Labute approximate surface area is 122 Å². The number of hydrogen-bond donors (Lipinski definition) is 1. The molecule has 0 saturated carbocycles. The van der Waals surface area contributed by atoms with Crippen molar-refractivity contribution < 1.29 is 19.6 Å². The van der Waals surface area contributed by atoms with E-state index in [2.05, 4.69) is 0 Å². The number of carbonyl (C=O) groups is 1. The first-order chi connectivity index (χ1) is 9.99. The predicted octanol–water partition coefficient (Wildman–Crippen LogP) is 2.16. The summed E-state index contributed by atoms with van der Waals surface area (Å²) in [5.74, 6) is -0.794.